The fourth-order valence-electron chi connectivity index (χ4n) is 4.39. The molecule has 0 amide bonds. The van der Waals surface area contributed by atoms with E-state index in [9.17, 15) is 4.79 Å². The van der Waals surface area contributed by atoms with Crippen molar-refractivity contribution in [3.05, 3.63) is 57.4 Å². The first kappa shape index (κ1) is 19.8. The van der Waals surface area contributed by atoms with Crippen molar-refractivity contribution in [3.63, 3.8) is 0 Å². The van der Waals surface area contributed by atoms with Gasteiger partial charge in [0.1, 0.15) is 12.5 Å². The maximum absolute atomic E-state index is 13.1. The monoisotopic (exact) mass is 453 g/mol. The second kappa shape index (κ2) is 8.38. The van der Waals surface area contributed by atoms with Crippen molar-refractivity contribution in [1.82, 2.24) is 0 Å². The largest absolute Gasteiger partial charge is 1.00 e. The first-order valence-electron chi connectivity index (χ1n) is 8.94. The lowest BCUT2D eigenvalue weighted by atomic mass is 9.83. The predicted molar refractivity (Wildman–Crippen MR) is 103 cm³/mol. The standard InChI is InChI=1S/C20H24NO2S2.BrH/c1-2-9-21-10-7-15(8-11-21)16(14-21)23-20(22)19(17-5-3-12-24-17)18-6-4-13-25-18;/h2-6,12-13,15-16,19H,1,7-11,14H2;1H/q+1;/p-1/t15?,16-,21?;/m0./s1. The topological polar surface area (TPSA) is 26.3 Å². The van der Waals surface area contributed by atoms with Gasteiger partial charge in [-0.25, -0.2) is 0 Å². The van der Waals surface area contributed by atoms with Crippen molar-refractivity contribution in [2.24, 2.45) is 5.92 Å². The molecule has 2 bridgehead atoms. The molecule has 3 nitrogen and oxygen atoms in total. The lowest BCUT2D eigenvalue weighted by Crippen LogP contribution is -3.00. The second-order valence-electron chi connectivity index (χ2n) is 7.22. The van der Waals surface area contributed by atoms with E-state index in [0.717, 1.165) is 40.2 Å². The summed E-state index contributed by atoms with van der Waals surface area (Å²) >= 11 is 3.26. The summed E-state index contributed by atoms with van der Waals surface area (Å²) in [4.78, 5) is 15.3. The van der Waals surface area contributed by atoms with E-state index in [1.54, 1.807) is 22.7 Å². The Balaban J connectivity index is 0.00000196. The van der Waals surface area contributed by atoms with Gasteiger partial charge in [0, 0.05) is 28.5 Å². The first-order valence-corrected chi connectivity index (χ1v) is 10.7. The summed E-state index contributed by atoms with van der Waals surface area (Å²) in [5.74, 6) is 0.171. The van der Waals surface area contributed by atoms with Gasteiger partial charge in [0.2, 0.25) is 0 Å². The minimum Gasteiger partial charge on any atom is -1.00 e. The summed E-state index contributed by atoms with van der Waals surface area (Å²) in [5.41, 5.74) is 0. The van der Waals surface area contributed by atoms with Crippen molar-refractivity contribution in [2.75, 3.05) is 26.2 Å². The highest BCUT2D eigenvalue weighted by molar-refractivity contribution is 7.11. The van der Waals surface area contributed by atoms with E-state index in [0.29, 0.717) is 5.92 Å². The number of carbonyl (C=O) groups excluding carboxylic acids is 1. The molecule has 2 aromatic heterocycles. The molecule has 0 unspecified atom stereocenters. The molecule has 26 heavy (non-hydrogen) atoms. The fourth-order valence-corrected chi connectivity index (χ4v) is 6.12. The second-order valence-corrected chi connectivity index (χ2v) is 9.18. The van der Waals surface area contributed by atoms with Crippen LogP contribution in [0.4, 0.5) is 0 Å². The first-order chi connectivity index (χ1) is 12.2. The third-order valence-corrected chi connectivity index (χ3v) is 7.59. The Kier molecular flexibility index (Phi) is 6.38. The number of rotatable bonds is 6. The smallest absolute Gasteiger partial charge is 0.320 e. The van der Waals surface area contributed by atoms with Gasteiger partial charge in [0.15, 0.2) is 6.10 Å². The van der Waals surface area contributed by atoms with E-state index in [1.165, 1.54) is 13.1 Å². The third kappa shape index (κ3) is 3.84. The third-order valence-electron chi connectivity index (χ3n) is 5.72. The van der Waals surface area contributed by atoms with Crippen molar-refractivity contribution in [3.8, 4) is 0 Å². The van der Waals surface area contributed by atoms with E-state index >= 15 is 0 Å². The van der Waals surface area contributed by atoms with Gasteiger partial charge in [-0.05, 0) is 29.0 Å². The quantitative estimate of drug-likeness (QED) is 0.374. The number of quaternary nitrogens is 1. The van der Waals surface area contributed by atoms with Gasteiger partial charge in [0.05, 0.1) is 19.6 Å². The molecule has 0 aromatic carbocycles. The average Bonchev–Trinajstić information content (AvgIpc) is 3.31. The van der Waals surface area contributed by atoms with Crippen molar-refractivity contribution in [2.45, 2.75) is 24.9 Å². The predicted octanol–water partition coefficient (Wildman–Crippen LogP) is 1.28. The molecule has 3 fully saturated rings. The molecular weight excluding hydrogens is 430 g/mol. The zero-order valence-corrected chi connectivity index (χ0v) is 17.9. The van der Waals surface area contributed by atoms with Gasteiger partial charge in [0.25, 0.3) is 0 Å². The molecule has 0 radical (unpaired) electrons. The Morgan fingerprint density at radius 2 is 1.85 bits per heavy atom. The van der Waals surface area contributed by atoms with E-state index in [-0.39, 0.29) is 35.0 Å². The van der Waals surface area contributed by atoms with Crippen LogP contribution >= 0.6 is 22.7 Å². The van der Waals surface area contributed by atoms with E-state index in [1.807, 2.05) is 41.1 Å². The number of esters is 1. The molecule has 3 aliphatic rings. The van der Waals surface area contributed by atoms with Gasteiger partial charge >= 0.3 is 5.97 Å². The molecule has 5 heterocycles. The van der Waals surface area contributed by atoms with Crippen LogP contribution in [0.5, 0.6) is 0 Å². The van der Waals surface area contributed by atoms with Crippen LogP contribution in [0, 0.1) is 5.92 Å². The molecule has 3 saturated heterocycles. The van der Waals surface area contributed by atoms with Crippen LogP contribution in [0.25, 0.3) is 0 Å². The SMILES string of the molecule is C=CC[N+]12CCC(CC1)[C@@H](OC(=O)C(c1cccs1)c1cccs1)C2.[Br-]. The fraction of sp³-hybridized carbons (Fsp3) is 0.450. The minimum absolute atomic E-state index is 0. The molecule has 0 spiro atoms. The minimum atomic E-state index is -0.275. The summed E-state index contributed by atoms with van der Waals surface area (Å²) < 4.78 is 7.17. The zero-order chi connectivity index (χ0) is 17.3. The Labute approximate surface area is 173 Å². The molecule has 140 valence electrons. The van der Waals surface area contributed by atoms with Crippen molar-refractivity contribution in [1.29, 1.82) is 0 Å². The van der Waals surface area contributed by atoms with E-state index < -0.39 is 0 Å². The maximum Gasteiger partial charge on any atom is 0.320 e. The summed E-state index contributed by atoms with van der Waals surface area (Å²) in [6.45, 7) is 8.26. The number of halogens is 1. The lowest BCUT2D eigenvalue weighted by molar-refractivity contribution is -0.941. The molecule has 0 saturated carbocycles. The van der Waals surface area contributed by atoms with Gasteiger partial charge in [-0.1, -0.05) is 18.7 Å². The summed E-state index contributed by atoms with van der Waals surface area (Å²) in [7, 11) is 0. The number of thiophene rings is 2. The molecule has 5 rings (SSSR count). The molecule has 6 heteroatoms. The van der Waals surface area contributed by atoms with Crippen LogP contribution in [0.3, 0.4) is 0 Å². The summed E-state index contributed by atoms with van der Waals surface area (Å²) in [5, 5.41) is 4.06. The highest BCUT2D eigenvalue weighted by Gasteiger charge is 2.47. The number of piperidine rings is 3. The Bertz CT molecular complexity index is 687. The molecule has 2 aromatic rings. The van der Waals surface area contributed by atoms with Crippen LogP contribution < -0.4 is 17.0 Å². The Morgan fingerprint density at radius 3 is 2.35 bits per heavy atom. The normalized spacial score (nSPS) is 27.1. The molecular formula is C20H24BrNO2S2. The summed E-state index contributed by atoms with van der Waals surface area (Å²) in [6.07, 6.45) is 4.39. The zero-order valence-electron chi connectivity index (χ0n) is 14.7. The van der Waals surface area contributed by atoms with Crippen LogP contribution in [0.15, 0.2) is 47.7 Å². The van der Waals surface area contributed by atoms with Crippen LogP contribution in [0.2, 0.25) is 0 Å². The number of fused-ring (bicyclic) bond motifs is 3. The van der Waals surface area contributed by atoms with E-state index in [4.69, 9.17) is 4.74 Å². The van der Waals surface area contributed by atoms with E-state index in [2.05, 4.69) is 6.58 Å². The maximum atomic E-state index is 13.1. The van der Waals surface area contributed by atoms with Gasteiger partial charge < -0.3 is 26.2 Å². The number of ether oxygens (including phenoxy) is 1. The average molecular weight is 454 g/mol. The van der Waals surface area contributed by atoms with Crippen molar-refractivity contribution < 1.29 is 31.0 Å². The molecule has 3 aliphatic heterocycles. The van der Waals surface area contributed by atoms with Crippen LogP contribution in [-0.2, 0) is 9.53 Å². The molecule has 1 atom stereocenters. The lowest BCUT2D eigenvalue weighted by Gasteiger charge is -2.51. The highest BCUT2D eigenvalue weighted by Crippen LogP contribution is 2.38. The van der Waals surface area contributed by atoms with Gasteiger partial charge in [-0.15, -0.1) is 22.7 Å². The number of hydrogen-bond acceptors (Lipinski definition) is 4. The molecule has 0 aliphatic carbocycles. The number of hydrogen-bond donors (Lipinski definition) is 0. The number of nitrogens with zero attached hydrogens (tertiary/aromatic N) is 1. The summed E-state index contributed by atoms with van der Waals surface area (Å²) in [6, 6.07) is 8.09. The van der Waals surface area contributed by atoms with Gasteiger partial charge in [-0.3, -0.25) is 4.79 Å². The van der Waals surface area contributed by atoms with Crippen LogP contribution in [0.1, 0.15) is 28.5 Å². The molecule has 0 N–H and O–H groups in total. The highest BCUT2D eigenvalue weighted by atomic mass is 79.9. The van der Waals surface area contributed by atoms with Crippen molar-refractivity contribution >= 4 is 28.6 Å². The Hall–Kier alpha value is -0.950. The Morgan fingerprint density at radius 1 is 1.23 bits per heavy atom. The van der Waals surface area contributed by atoms with Gasteiger partial charge in [-0.2, -0.15) is 0 Å². The van der Waals surface area contributed by atoms with Crippen LogP contribution in [-0.4, -0.2) is 42.7 Å². The number of carbonyl (C=O) groups is 1.